The van der Waals surface area contributed by atoms with Crippen LogP contribution in [-0.4, -0.2) is 65.9 Å². The molecule has 0 saturated carbocycles. The molecule has 4 rings (SSSR count). The molecule has 3 amide bonds. The van der Waals surface area contributed by atoms with Crippen molar-refractivity contribution in [2.45, 2.75) is 19.6 Å². The number of carbonyl (C=O) groups excluding carboxylic acids is 4. The molecule has 1 fully saturated rings. The van der Waals surface area contributed by atoms with E-state index in [1.54, 1.807) is 60.4 Å². The Morgan fingerprint density at radius 2 is 1.55 bits per heavy atom. The molecule has 0 bridgehead atoms. The molecule has 0 aromatic heterocycles. The number of hydrogen-bond donors (Lipinski definition) is 0. The van der Waals surface area contributed by atoms with Gasteiger partial charge >= 0.3 is 5.97 Å². The summed E-state index contributed by atoms with van der Waals surface area (Å²) in [5.41, 5.74) is 1.77. The molecule has 2 aromatic carbocycles. The number of hydrogen-bond acceptors (Lipinski definition) is 6. The summed E-state index contributed by atoms with van der Waals surface area (Å²) < 4.78 is 10.5. The molecule has 8 heteroatoms. The number of carbonyl (C=O) groups is 4. The fourth-order valence-corrected chi connectivity index (χ4v) is 3.63. The Morgan fingerprint density at radius 3 is 2.13 bits per heavy atom. The zero-order valence-electron chi connectivity index (χ0n) is 17.1. The van der Waals surface area contributed by atoms with Crippen molar-refractivity contribution in [1.29, 1.82) is 0 Å². The molecule has 31 heavy (non-hydrogen) atoms. The van der Waals surface area contributed by atoms with Gasteiger partial charge in [-0.3, -0.25) is 19.3 Å². The van der Waals surface area contributed by atoms with Crippen LogP contribution in [0.4, 0.5) is 0 Å². The van der Waals surface area contributed by atoms with E-state index in [2.05, 4.69) is 0 Å². The summed E-state index contributed by atoms with van der Waals surface area (Å²) in [7, 11) is 0. The van der Waals surface area contributed by atoms with Crippen molar-refractivity contribution in [3.8, 4) is 0 Å². The second kappa shape index (κ2) is 8.69. The summed E-state index contributed by atoms with van der Waals surface area (Å²) in [6.45, 7) is 3.56. The normalized spacial score (nSPS) is 16.8. The number of rotatable bonds is 5. The van der Waals surface area contributed by atoms with E-state index in [0.717, 1.165) is 0 Å². The van der Waals surface area contributed by atoms with Gasteiger partial charge in [-0.05, 0) is 36.8 Å². The number of nitrogens with zero attached hydrogens (tertiary/aromatic N) is 2. The van der Waals surface area contributed by atoms with Gasteiger partial charge in [-0.15, -0.1) is 0 Å². The van der Waals surface area contributed by atoms with Gasteiger partial charge in [-0.2, -0.15) is 0 Å². The lowest BCUT2D eigenvalue weighted by atomic mass is 10.1. The third-order valence-corrected chi connectivity index (χ3v) is 5.36. The molecular formula is C23H22N2O6. The molecule has 0 radical (unpaired) electrons. The largest absolute Gasteiger partial charge is 0.449 e. The minimum atomic E-state index is -0.899. The molecule has 2 aliphatic heterocycles. The van der Waals surface area contributed by atoms with E-state index >= 15 is 0 Å². The lowest BCUT2D eigenvalue weighted by Crippen LogP contribution is -2.46. The van der Waals surface area contributed by atoms with Crippen LogP contribution >= 0.6 is 0 Å². The van der Waals surface area contributed by atoms with Gasteiger partial charge in [0.05, 0.1) is 36.4 Å². The highest BCUT2D eigenvalue weighted by Gasteiger charge is 2.35. The average Bonchev–Trinajstić information content (AvgIpc) is 3.04. The van der Waals surface area contributed by atoms with Crippen LogP contribution in [0.1, 0.15) is 43.6 Å². The van der Waals surface area contributed by atoms with Crippen LogP contribution < -0.4 is 0 Å². The monoisotopic (exact) mass is 422 g/mol. The maximum absolute atomic E-state index is 12.5. The minimum absolute atomic E-state index is 0.105. The fourth-order valence-electron chi connectivity index (χ4n) is 3.63. The summed E-state index contributed by atoms with van der Waals surface area (Å²) in [4.78, 5) is 52.6. The molecule has 2 aromatic rings. The van der Waals surface area contributed by atoms with Crippen molar-refractivity contribution in [2.75, 3.05) is 26.3 Å². The van der Waals surface area contributed by atoms with E-state index in [-0.39, 0.29) is 29.8 Å². The van der Waals surface area contributed by atoms with Crippen molar-refractivity contribution in [3.05, 3.63) is 70.8 Å². The zero-order chi connectivity index (χ0) is 22.0. The van der Waals surface area contributed by atoms with Crippen LogP contribution in [0.25, 0.3) is 0 Å². The first-order chi connectivity index (χ1) is 15.0. The molecule has 0 spiro atoms. The number of amides is 3. The molecule has 8 nitrogen and oxygen atoms in total. The lowest BCUT2D eigenvalue weighted by molar-refractivity contribution is -0.143. The van der Waals surface area contributed by atoms with Gasteiger partial charge in [-0.25, -0.2) is 4.79 Å². The van der Waals surface area contributed by atoms with E-state index in [9.17, 15) is 19.2 Å². The maximum Gasteiger partial charge on any atom is 0.338 e. The number of fused-ring (bicyclic) bond motifs is 1. The second-order valence-electron chi connectivity index (χ2n) is 7.42. The Bertz CT molecular complexity index is 992. The Morgan fingerprint density at radius 1 is 0.968 bits per heavy atom. The number of morpholine rings is 1. The van der Waals surface area contributed by atoms with Crippen molar-refractivity contribution in [2.24, 2.45) is 0 Å². The summed E-state index contributed by atoms with van der Waals surface area (Å²) in [6, 6.07) is 13.1. The SMILES string of the molecule is CC(OC(=O)c1ccc(CN2C(=O)c3ccccc3C2=O)cc1)C(=O)N1CCOCC1. The van der Waals surface area contributed by atoms with E-state index in [0.29, 0.717) is 43.0 Å². The average molecular weight is 422 g/mol. The van der Waals surface area contributed by atoms with Crippen molar-refractivity contribution in [1.82, 2.24) is 9.80 Å². The van der Waals surface area contributed by atoms with Gasteiger partial charge < -0.3 is 14.4 Å². The molecule has 1 atom stereocenters. The van der Waals surface area contributed by atoms with Crippen LogP contribution in [-0.2, 0) is 20.8 Å². The molecule has 1 saturated heterocycles. The second-order valence-corrected chi connectivity index (χ2v) is 7.42. The first-order valence-corrected chi connectivity index (χ1v) is 10.1. The van der Waals surface area contributed by atoms with Gasteiger partial charge in [0.1, 0.15) is 0 Å². The Kier molecular flexibility index (Phi) is 5.81. The third-order valence-electron chi connectivity index (χ3n) is 5.36. The molecule has 1 unspecified atom stereocenters. The number of benzene rings is 2. The van der Waals surface area contributed by atoms with Crippen LogP contribution in [0.15, 0.2) is 48.5 Å². The standard InChI is InChI=1S/C23H22N2O6/c1-15(20(26)24-10-12-30-13-11-24)31-23(29)17-8-6-16(7-9-17)14-25-21(27)18-4-2-3-5-19(18)22(25)28/h2-9,15H,10-14H2,1H3. The topological polar surface area (TPSA) is 93.2 Å². The van der Waals surface area contributed by atoms with E-state index in [4.69, 9.17) is 9.47 Å². The highest BCUT2D eigenvalue weighted by Crippen LogP contribution is 2.24. The molecule has 2 aliphatic rings. The summed E-state index contributed by atoms with van der Waals surface area (Å²) in [5, 5.41) is 0. The Hall–Kier alpha value is -3.52. The summed E-state index contributed by atoms with van der Waals surface area (Å²) in [5.74, 6) is -1.53. The molecule has 160 valence electrons. The first kappa shape index (κ1) is 20.7. The van der Waals surface area contributed by atoms with Crippen LogP contribution in [0, 0.1) is 0 Å². The van der Waals surface area contributed by atoms with Crippen LogP contribution in [0.2, 0.25) is 0 Å². The zero-order valence-corrected chi connectivity index (χ0v) is 17.1. The maximum atomic E-state index is 12.5. The summed E-state index contributed by atoms with van der Waals surface area (Å²) >= 11 is 0. The van der Waals surface area contributed by atoms with Crippen LogP contribution in [0.3, 0.4) is 0 Å². The van der Waals surface area contributed by atoms with Crippen LogP contribution in [0.5, 0.6) is 0 Å². The highest BCUT2D eigenvalue weighted by atomic mass is 16.5. The van der Waals surface area contributed by atoms with Gasteiger partial charge in [0.25, 0.3) is 17.7 Å². The van der Waals surface area contributed by atoms with Gasteiger partial charge in [0.15, 0.2) is 6.10 Å². The van der Waals surface area contributed by atoms with Crippen molar-refractivity contribution >= 4 is 23.7 Å². The van der Waals surface area contributed by atoms with Gasteiger partial charge in [0, 0.05) is 13.1 Å². The van der Waals surface area contributed by atoms with Gasteiger partial charge in [0.2, 0.25) is 0 Å². The summed E-state index contributed by atoms with van der Waals surface area (Å²) in [6.07, 6.45) is -0.899. The van der Waals surface area contributed by atoms with Crippen molar-refractivity contribution in [3.63, 3.8) is 0 Å². The number of imide groups is 1. The van der Waals surface area contributed by atoms with Gasteiger partial charge in [-0.1, -0.05) is 24.3 Å². The smallest absolute Gasteiger partial charge is 0.338 e. The van der Waals surface area contributed by atoms with Crippen molar-refractivity contribution < 1.29 is 28.7 Å². The lowest BCUT2D eigenvalue weighted by Gasteiger charge is -2.28. The predicted molar refractivity (Wildman–Crippen MR) is 109 cm³/mol. The first-order valence-electron chi connectivity index (χ1n) is 10.1. The molecular weight excluding hydrogens is 400 g/mol. The quantitative estimate of drug-likeness (QED) is 0.540. The Balaban J connectivity index is 1.37. The van der Waals surface area contributed by atoms with E-state index in [1.807, 2.05) is 0 Å². The molecule has 0 aliphatic carbocycles. The fraction of sp³-hybridized carbons (Fsp3) is 0.304. The predicted octanol–water partition coefficient (Wildman–Crippen LogP) is 1.89. The highest BCUT2D eigenvalue weighted by molar-refractivity contribution is 6.21. The third kappa shape index (κ3) is 4.20. The van der Waals surface area contributed by atoms with E-state index in [1.165, 1.54) is 4.90 Å². The Labute approximate surface area is 179 Å². The number of ether oxygens (including phenoxy) is 2. The number of esters is 1. The minimum Gasteiger partial charge on any atom is -0.449 e. The van der Waals surface area contributed by atoms with E-state index < -0.39 is 12.1 Å². The molecule has 2 heterocycles. The molecule has 0 N–H and O–H groups in total.